The summed E-state index contributed by atoms with van der Waals surface area (Å²) in [6.45, 7) is 6.81. The largest absolute Gasteiger partial charge is 0.378 e. The Morgan fingerprint density at radius 2 is 2.19 bits per heavy atom. The molecule has 0 aromatic carbocycles. The van der Waals surface area contributed by atoms with Crippen molar-refractivity contribution < 1.29 is 4.74 Å². The molecule has 1 aliphatic rings. The first-order chi connectivity index (χ1) is 7.72. The Morgan fingerprint density at radius 3 is 2.75 bits per heavy atom. The molecule has 0 spiro atoms. The zero-order valence-corrected chi connectivity index (χ0v) is 11.3. The van der Waals surface area contributed by atoms with Crippen LogP contribution in [0.1, 0.15) is 52.4 Å². The molecule has 2 unspecified atom stereocenters. The van der Waals surface area contributed by atoms with Crippen molar-refractivity contribution in [2.45, 2.75) is 58.5 Å². The summed E-state index contributed by atoms with van der Waals surface area (Å²) < 4.78 is 5.66. The highest BCUT2D eigenvalue weighted by molar-refractivity contribution is 4.68. The minimum atomic E-state index is 0.578. The Balaban J connectivity index is 2.10. The third-order valence-electron chi connectivity index (χ3n) is 3.46. The van der Waals surface area contributed by atoms with Crippen molar-refractivity contribution in [2.24, 2.45) is 11.8 Å². The average Bonchev–Trinajstić information content (AvgIpc) is 2.70. The van der Waals surface area contributed by atoms with Crippen molar-refractivity contribution in [3.63, 3.8) is 0 Å². The van der Waals surface area contributed by atoms with E-state index in [2.05, 4.69) is 26.2 Å². The Labute approximate surface area is 101 Å². The molecule has 0 saturated carbocycles. The maximum Gasteiger partial charge on any atom is 0.0576 e. The molecule has 0 bridgehead atoms. The van der Waals surface area contributed by atoms with Crippen LogP contribution in [0.4, 0.5) is 0 Å². The minimum Gasteiger partial charge on any atom is -0.378 e. The van der Waals surface area contributed by atoms with Crippen LogP contribution in [0.3, 0.4) is 0 Å². The summed E-state index contributed by atoms with van der Waals surface area (Å²) in [6.07, 6.45) is 8.47. The molecule has 2 atom stereocenters. The van der Waals surface area contributed by atoms with Gasteiger partial charge in [0.25, 0.3) is 0 Å². The van der Waals surface area contributed by atoms with E-state index in [0.717, 1.165) is 18.4 Å². The third kappa shape index (κ3) is 5.86. The molecule has 2 heteroatoms. The fourth-order valence-electron chi connectivity index (χ4n) is 2.76. The third-order valence-corrected chi connectivity index (χ3v) is 3.46. The van der Waals surface area contributed by atoms with Gasteiger partial charge in [0.2, 0.25) is 0 Å². The minimum absolute atomic E-state index is 0.578. The van der Waals surface area contributed by atoms with Gasteiger partial charge in [-0.05, 0) is 57.5 Å². The second-order valence-electron chi connectivity index (χ2n) is 5.62. The number of ether oxygens (including phenoxy) is 1. The lowest BCUT2D eigenvalue weighted by atomic mass is 9.91. The molecule has 0 aliphatic carbocycles. The maximum absolute atomic E-state index is 5.66. The van der Waals surface area contributed by atoms with E-state index in [9.17, 15) is 0 Å². The van der Waals surface area contributed by atoms with Gasteiger partial charge < -0.3 is 10.1 Å². The Kier molecular flexibility index (Phi) is 7.06. The SMILES string of the molecule is CNCC(CCCC1CCCO1)CC(C)C. The van der Waals surface area contributed by atoms with E-state index in [-0.39, 0.29) is 0 Å². The summed E-state index contributed by atoms with van der Waals surface area (Å²) in [7, 11) is 2.06. The summed E-state index contributed by atoms with van der Waals surface area (Å²) >= 11 is 0. The molecule has 1 aliphatic heterocycles. The van der Waals surface area contributed by atoms with Gasteiger partial charge in [-0.2, -0.15) is 0 Å². The van der Waals surface area contributed by atoms with Gasteiger partial charge >= 0.3 is 0 Å². The molecule has 1 heterocycles. The van der Waals surface area contributed by atoms with Crippen molar-refractivity contribution >= 4 is 0 Å². The van der Waals surface area contributed by atoms with Crippen molar-refractivity contribution in [3.8, 4) is 0 Å². The van der Waals surface area contributed by atoms with Crippen LogP contribution in [0, 0.1) is 11.8 Å². The summed E-state index contributed by atoms with van der Waals surface area (Å²) in [4.78, 5) is 0. The lowest BCUT2D eigenvalue weighted by Crippen LogP contribution is -2.20. The highest BCUT2D eigenvalue weighted by Crippen LogP contribution is 2.22. The van der Waals surface area contributed by atoms with Crippen LogP contribution in [0.5, 0.6) is 0 Å². The van der Waals surface area contributed by atoms with E-state index in [1.807, 2.05) is 0 Å². The molecular weight excluding hydrogens is 198 g/mol. The van der Waals surface area contributed by atoms with E-state index in [4.69, 9.17) is 4.74 Å². The first kappa shape index (κ1) is 14.0. The zero-order valence-electron chi connectivity index (χ0n) is 11.3. The highest BCUT2D eigenvalue weighted by atomic mass is 16.5. The average molecular weight is 227 g/mol. The van der Waals surface area contributed by atoms with Gasteiger partial charge in [0.05, 0.1) is 6.10 Å². The Bertz CT molecular complexity index is 164. The van der Waals surface area contributed by atoms with Gasteiger partial charge in [0, 0.05) is 6.61 Å². The second-order valence-corrected chi connectivity index (χ2v) is 5.62. The lowest BCUT2D eigenvalue weighted by molar-refractivity contribution is 0.100. The molecule has 1 N–H and O–H groups in total. The number of rotatable bonds is 8. The van der Waals surface area contributed by atoms with Crippen molar-refractivity contribution in [1.82, 2.24) is 5.32 Å². The van der Waals surface area contributed by atoms with Gasteiger partial charge in [-0.3, -0.25) is 0 Å². The molecule has 1 rings (SSSR count). The van der Waals surface area contributed by atoms with Crippen molar-refractivity contribution in [3.05, 3.63) is 0 Å². The van der Waals surface area contributed by atoms with Crippen molar-refractivity contribution in [1.29, 1.82) is 0 Å². The summed E-state index contributed by atoms with van der Waals surface area (Å²) in [5.74, 6) is 1.67. The maximum atomic E-state index is 5.66. The predicted molar refractivity (Wildman–Crippen MR) is 69.7 cm³/mol. The summed E-state index contributed by atoms with van der Waals surface area (Å²) in [6, 6.07) is 0. The lowest BCUT2D eigenvalue weighted by Gasteiger charge is -2.19. The van der Waals surface area contributed by atoms with Gasteiger partial charge in [-0.15, -0.1) is 0 Å². The number of nitrogens with one attached hydrogen (secondary N) is 1. The quantitative estimate of drug-likeness (QED) is 0.687. The van der Waals surface area contributed by atoms with Crippen LogP contribution in [0.2, 0.25) is 0 Å². The first-order valence-electron chi connectivity index (χ1n) is 6.98. The van der Waals surface area contributed by atoms with Crippen LogP contribution < -0.4 is 5.32 Å². The normalized spacial score (nSPS) is 22.9. The smallest absolute Gasteiger partial charge is 0.0576 e. The van der Waals surface area contributed by atoms with E-state index in [1.54, 1.807) is 0 Å². The molecular formula is C14H29NO. The predicted octanol–water partition coefficient (Wildman–Crippen LogP) is 3.22. The monoisotopic (exact) mass is 227 g/mol. The van der Waals surface area contributed by atoms with Crippen LogP contribution in [-0.2, 0) is 4.74 Å². The molecule has 0 radical (unpaired) electrons. The molecule has 1 fully saturated rings. The van der Waals surface area contributed by atoms with Gasteiger partial charge in [0.1, 0.15) is 0 Å². The molecule has 0 amide bonds. The zero-order chi connectivity index (χ0) is 11.8. The summed E-state index contributed by atoms with van der Waals surface area (Å²) in [5, 5.41) is 3.32. The van der Waals surface area contributed by atoms with E-state index < -0.39 is 0 Å². The molecule has 1 saturated heterocycles. The van der Waals surface area contributed by atoms with Crippen LogP contribution in [-0.4, -0.2) is 26.3 Å². The Morgan fingerprint density at radius 1 is 1.38 bits per heavy atom. The molecule has 2 nitrogen and oxygen atoms in total. The van der Waals surface area contributed by atoms with Crippen molar-refractivity contribution in [2.75, 3.05) is 20.2 Å². The number of hydrogen-bond acceptors (Lipinski definition) is 2. The molecule has 0 aromatic rings. The van der Waals surface area contributed by atoms with E-state index in [0.29, 0.717) is 6.10 Å². The van der Waals surface area contributed by atoms with Crippen LogP contribution in [0.15, 0.2) is 0 Å². The fourth-order valence-corrected chi connectivity index (χ4v) is 2.76. The summed E-state index contributed by atoms with van der Waals surface area (Å²) in [5.41, 5.74) is 0. The fraction of sp³-hybridized carbons (Fsp3) is 1.00. The van der Waals surface area contributed by atoms with Crippen LogP contribution in [0.25, 0.3) is 0 Å². The first-order valence-corrected chi connectivity index (χ1v) is 6.98. The topological polar surface area (TPSA) is 21.3 Å². The number of hydrogen-bond donors (Lipinski definition) is 1. The highest BCUT2D eigenvalue weighted by Gasteiger charge is 2.16. The van der Waals surface area contributed by atoms with Gasteiger partial charge in [0.15, 0.2) is 0 Å². The molecule has 16 heavy (non-hydrogen) atoms. The van der Waals surface area contributed by atoms with E-state index in [1.165, 1.54) is 45.1 Å². The second kappa shape index (κ2) is 8.08. The van der Waals surface area contributed by atoms with Gasteiger partial charge in [-0.1, -0.05) is 20.3 Å². The van der Waals surface area contributed by atoms with Gasteiger partial charge in [-0.25, -0.2) is 0 Å². The molecule has 0 aromatic heterocycles. The van der Waals surface area contributed by atoms with Crippen LogP contribution >= 0.6 is 0 Å². The molecule has 96 valence electrons. The Hall–Kier alpha value is -0.0800. The standard InChI is InChI=1S/C14H29NO/c1-12(2)10-13(11-15-3)6-4-7-14-8-5-9-16-14/h12-15H,4-11H2,1-3H3. The van der Waals surface area contributed by atoms with E-state index >= 15 is 0 Å².